The molecule has 0 spiro atoms. The molecule has 1 aromatic rings. The third-order valence-electron chi connectivity index (χ3n) is 2.06. The van der Waals surface area contributed by atoms with Crippen molar-refractivity contribution >= 4 is 15.9 Å². The first-order valence-corrected chi connectivity index (χ1v) is 5.63. The fourth-order valence-corrected chi connectivity index (χ4v) is 2.20. The van der Waals surface area contributed by atoms with Crippen molar-refractivity contribution in [3.05, 3.63) is 30.1 Å². The van der Waals surface area contributed by atoms with E-state index in [0.717, 1.165) is 12.3 Å². The van der Waals surface area contributed by atoms with Crippen LogP contribution in [0.1, 0.15) is 25.8 Å². The Morgan fingerprint density at radius 1 is 1.31 bits per heavy atom. The maximum absolute atomic E-state index is 4.00. The second kappa shape index (κ2) is 5.38. The SMILES string of the molecule is CC(Br)CC(C)Cc1ccncc1. The maximum Gasteiger partial charge on any atom is 0.0270 e. The molecule has 72 valence electrons. The van der Waals surface area contributed by atoms with Crippen LogP contribution in [0.3, 0.4) is 0 Å². The first-order chi connectivity index (χ1) is 6.18. The zero-order valence-electron chi connectivity index (χ0n) is 8.20. The summed E-state index contributed by atoms with van der Waals surface area (Å²) in [6.07, 6.45) is 6.10. The number of alkyl halides is 1. The molecule has 1 heterocycles. The molecule has 13 heavy (non-hydrogen) atoms. The Labute approximate surface area is 88.7 Å². The van der Waals surface area contributed by atoms with Crippen LogP contribution < -0.4 is 0 Å². The molecule has 0 aliphatic rings. The van der Waals surface area contributed by atoms with Crippen LogP contribution in [0.4, 0.5) is 0 Å². The summed E-state index contributed by atoms with van der Waals surface area (Å²) in [5.74, 6) is 0.733. The van der Waals surface area contributed by atoms with E-state index in [1.807, 2.05) is 12.4 Å². The summed E-state index contributed by atoms with van der Waals surface area (Å²) in [6, 6.07) is 4.19. The quantitative estimate of drug-likeness (QED) is 0.737. The highest BCUT2D eigenvalue weighted by atomic mass is 79.9. The zero-order valence-corrected chi connectivity index (χ0v) is 9.79. The Bertz CT molecular complexity index is 233. The molecule has 1 rings (SSSR count). The lowest BCUT2D eigenvalue weighted by Crippen LogP contribution is -2.05. The molecule has 0 radical (unpaired) electrons. The third-order valence-corrected chi connectivity index (χ3v) is 2.43. The summed E-state index contributed by atoms with van der Waals surface area (Å²) in [5.41, 5.74) is 1.38. The van der Waals surface area contributed by atoms with Crippen LogP contribution in [-0.4, -0.2) is 9.81 Å². The van der Waals surface area contributed by atoms with Gasteiger partial charge in [0.15, 0.2) is 0 Å². The van der Waals surface area contributed by atoms with Crippen molar-refractivity contribution < 1.29 is 0 Å². The lowest BCUT2D eigenvalue weighted by atomic mass is 9.98. The minimum Gasteiger partial charge on any atom is -0.265 e. The van der Waals surface area contributed by atoms with E-state index in [2.05, 4.69) is 46.9 Å². The normalized spacial score (nSPS) is 15.3. The van der Waals surface area contributed by atoms with Crippen LogP contribution in [0.2, 0.25) is 0 Å². The van der Waals surface area contributed by atoms with Gasteiger partial charge in [-0.1, -0.05) is 29.8 Å². The Balaban J connectivity index is 2.41. The summed E-state index contributed by atoms with van der Waals surface area (Å²) in [6.45, 7) is 4.49. The fraction of sp³-hybridized carbons (Fsp3) is 0.545. The van der Waals surface area contributed by atoms with Gasteiger partial charge >= 0.3 is 0 Å². The monoisotopic (exact) mass is 241 g/mol. The van der Waals surface area contributed by atoms with Crippen molar-refractivity contribution in [2.45, 2.75) is 31.5 Å². The average molecular weight is 242 g/mol. The van der Waals surface area contributed by atoms with Crippen LogP contribution >= 0.6 is 15.9 Å². The van der Waals surface area contributed by atoms with E-state index in [1.165, 1.54) is 12.0 Å². The summed E-state index contributed by atoms with van der Waals surface area (Å²) in [4.78, 5) is 4.62. The van der Waals surface area contributed by atoms with Gasteiger partial charge in [-0.15, -0.1) is 0 Å². The van der Waals surface area contributed by atoms with E-state index < -0.39 is 0 Å². The summed E-state index contributed by atoms with van der Waals surface area (Å²) >= 11 is 3.58. The summed E-state index contributed by atoms with van der Waals surface area (Å²) in [7, 11) is 0. The number of nitrogens with zero attached hydrogens (tertiary/aromatic N) is 1. The number of halogens is 1. The van der Waals surface area contributed by atoms with Gasteiger partial charge in [-0.2, -0.15) is 0 Å². The molecule has 2 unspecified atom stereocenters. The van der Waals surface area contributed by atoms with E-state index in [1.54, 1.807) is 0 Å². The van der Waals surface area contributed by atoms with Crippen molar-refractivity contribution in [3.63, 3.8) is 0 Å². The Hall–Kier alpha value is -0.370. The van der Waals surface area contributed by atoms with Gasteiger partial charge in [0.05, 0.1) is 0 Å². The van der Waals surface area contributed by atoms with Crippen LogP contribution in [0.25, 0.3) is 0 Å². The highest BCUT2D eigenvalue weighted by Crippen LogP contribution is 2.16. The first kappa shape index (κ1) is 10.7. The third kappa shape index (κ3) is 4.41. The second-order valence-electron chi connectivity index (χ2n) is 3.68. The Morgan fingerprint density at radius 2 is 1.92 bits per heavy atom. The molecule has 0 N–H and O–H groups in total. The number of rotatable bonds is 4. The van der Waals surface area contributed by atoms with Gasteiger partial charge in [-0.3, -0.25) is 4.98 Å². The lowest BCUT2D eigenvalue weighted by molar-refractivity contribution is 0.532. The molecule has 0 aromatic carbocycles. The second-order valence-corrected chi connectivity index (χ2v) is 5.24. The largest absolute Gasteiger partial charge is 0.265 e. The van der Waals surface area contributed by atoms with E-state index in [-0.39, 0.29) is 0 Å². The number of hydrogen-bond acceptors (Lipinski definition) is 1. The molecule has 0 bridgehead atoms. The highest BCUT2D eigenvalue weighted by molar-refractivity contribution is 9.09. The van der Waals surface area contributed by atoms with Crippen molar-refractivity contribution in [3.8, 4) is 0 Å². The predicted molar refractivity (Wildman–Crippen MR) is 60.1 cm³/mol. The van der Waals surface area contributed by atoms with Gasteiger partial charge in [0.2, 0.25) is 0 Å². The molecule has 0 amide bonds. The van der Waals surface area contributed by atoms with Crippen molar-refractivity contribution in [1.29, 1.82) is 0 Å². The summed E-state index contributed by atoms with van der Waals surface area (Å²) in [5, 5.41) is 0. The molecule has 1 aromatic heterocycles. The molecule has 0 saturated heterocycles. The summed E-state index contributed by atoms with van der Waals surface area (Å²) < 4.78 is 0. The van der Waals surface area contributed by atoms with Crippen LogP contribution in [0.5, 0.6) is 0 Å². The standard InChI is InChI=1S/C11H16BrN/c1-9(7-10(2)12)8-11-3-5-13-6-4-11/h3-6,9-10H,7-8H2,1-2H3. The maximum atomic E-state index is 4.00. The van der Waals surface area contributed by atoms with E-state index in [9.17, 15) is 0 Å². The van der Waals surface area contributed by atoms with Gasteiger partial charge in [0.25, 0.3) is 0 Å². The first-order valence-electron chi connectivity index (χ1n) is 4.71. The van der Waals surface area contributed by atoms with Crippen LogP contribution in [0.15, 0.2) is 24.5 Å². The Kier molecular flexibility index (Phi) is 4.43. The highest BCUT2D eigenvalue weighted by Gasteiger charge is 2.06. The van der Waals surface area contributed by atoms with Crippen molar-refractivity contribution in [2.75, 3.05) is 0 Å². The number of hydrogen-bond donors (Lipinski definition) is 0. The van der Waals surface area contributed by atoms with Crippen LogP contribution in [0, 0.1) is 5.92 Å². The molecule has 0 fully saturated rings. The van der Waals surface area contributed by atoms with Gasteiger partial charge in [-0.25, -0.2) is 0 Å². The minimum absolute atomic E-state index is 0.615. The molecule has 0 aliphatic heterocycles. The van der Waals surface area contributed by atoms with E-state index >= 15 is 0 Å². The molecule has 1 nitrogen and oxygen atoms in total. The molecule has 2 atom stereocenters. The average Bonchev–Trinajstić information content (AvgIpc) is 2.04. The van der Waals surface area contributed by atoms with Gasteiger partial charge in [0, 0.05) is 17.2 Å². The Morgan fingerprint density at radius 3 is 2.46 bits per heavy atom. The number of pyridine rings is 1. The molecule has 0 saturated carbocycles. The topological polar surface area (TPSA) is 12.9 Å². The fourth-order valence-electron chi connectivity index (χ4n) is 1.56. The number of aromatic nitrogens is 1. The van der Waals surface area contributed by atoms with Gasteiger partial charge in [0.1, 0.15) is 0 Å². The smallest absolute Gasteiger partial charge is 0.0270 e. The molecular weight excluding hydrogens is 226 g/mol. The minimum atomic E-state index is 0.615. The lowest BCUT2D eigenvalue weighted by Gasteiger charge is -2.12. The van der Waals surface area contributed by atoms with E-state index in [0.29, 0.717) is 4.83 Å². The van der Waals surface area contributed by atoms with Crippen molar-refractivity contribution in [1.82, 2.24) is 4.98 Å². The zero-order chi connectivity index (χ0) is 9.68. The van der Waals surface area contributed by atoms with Gasteiger partial charge in [-0.05, 0) is 36.5 Å². The predicted octanol–water partition coefficient (Wildman–Crippen LogP) is 3.43. The molecule has 2 heteroatoms. The van der Waals surface area contributed by atoms with Gasteiger partial charge < -0.3 is 0 Å². The van der Waals surface area contributed by atoms with Crippen LogP contribution in [-0.2, 0) is 6.42 Å². The molecular formula is C11H16BrN. The van der Waals surface area contributed by atoms with E-state index in [4.69, 9.17) is 0 Å². The van der Waals surface area contributed by atoms with Crippen molar-refractivity contribution in [2.24, 2.45) is 5.92 Å². The molecule has 0 aliphatic carbocycles.